The Bertz CT molecular complexity index is 472. The fraction of sp³-hybridized carbons (Fsp3) is 0.571. The van der Waals surface area contributed by atoms with Gasteiger partial charge in [0.15, 0.2) is 0 Å². The van der Waals surface area contributed by atoms with Crippen molar-refractivity contribution in [2.75, 3.05) is 19.0 Å². The molecule has 0 N–H and O–H groups in total. The summed E-state index contributed by atoms with van der Waals surface area (Å²) in [5.41, 5.74) is 1.25. The number of hydrogen-bond acceptors (Lipinski definition) is 3. The van der Waals surface area contributed by atoms with Gasteiger partial charge in [-0.2, -0.15) is 0 Å². The lowest BCUT2D eigenvalue weighted by Crippen LogP contribution is -2.41. The van der Waals surface area contributed by atoms with Crippen LogP contribution in [0.5, 0.6) is 0 Å². The van der Waals surface area contributed by atoms with E-state index >= 15 is 0 Å². The predicted molar refractivity (Wildman–Crippen MR) is 81.5 cm³/mol. The first-order valence-electron chi connectivity index (χ1n) is 6.46. The van der Waals surface area contributed by atoms with E-state index < -0.39 is 7.12 Å². The van der Waals surface area contributed by atoms with E-state index in [9.17, 15) is 0 Å². The van der Waals surface area contributed by atoms with Crippen LogP contribution in [0.1, 0.15) is 27.7 Å². The normalized spacial score (nSPS) is 20.7. The standard InChI is InChI=1S/C14H21BClNO2/c1-13(2)14(3,4)19-15(18-13)11-8-7-10(17(5)6)9-12(11)16/h7-9H,1-6H3. The van der Waals surface area contributed by atoms with Crippen LogP contribution in [-0.2, 0) is 9.31 Å². The molecule has 1 aliphatic heterocycles. The summed E-state index contributed by atoms with van der Waals surface area (Å²) in [5.74, 6) is 0. The highest BCUT2D eigenvalue weighted by molar-refractivity contribution is 6.65. The number of nitrogens with zero attached hydrogens (tertiary/aromatic N) is 1. The van der Waals surface area contributed by atoms with Crippen molar-refractivity contribution in [2.24, 2.45) is 0 Å². The summed E-state index contributed by atoms with van der Waals surface area (Å²) in [6.07, 6.45) is 0. The van der Waals surface area contributed by atoms with Gasteiger partial charge in [0.25, 0.3) is 0 Å². The minimum absolute atomic E-state index is 0.346. The van der Waals surface area contributed by atoms with Crippen LogP contribution in [-0.4, -0.2) is 32.4 Å². The number of rotatable bonds is 2. The highest BCUT2D eigenvalue weighted by Gasteiger charge is 2.52. The summed E-state index contributed by atoms with van der Waals surface area (Å²) in [4.78, 5) is 2.01. The van der Waals surface area contributed by atoms with Gasteiger partial charge in [-0.1, -0.05) is 17.7 Å². The van der Waals surface area contributed by atoms with Crippen LogP contribution in [0.3, 0.4) is 0 Å². The minimum Gasteiger partial charge on any atom is -0.399 e. The van der Waals surface area contributed by atoms with Crippen LogP contribution < -0.4 is 10.4 Å². The first-order valence-corrected chi connectivity index (χ1v) is 6.84. The Morgan fingerprint density at radius 3 is 2.00 bits per heavy atom. The van der Waals surface area contributed by atoms with Gasteiger partial charge >= 0.3 is 7.12 Å². The number of anilines is 1. The van der Waals surface area contributed by atoms with E-state index in [0.717, 1.165) is 11.2 Å². The molecule has 0 bridgehead atoms. The molecule has 1 aromatic rings. The second-order valence-electron chi connectivity index (χ2n) is 6.19. The quantitative estimate of drug-likeness (QED) is 0.778. The summed E-state index contributed by atoms with van der Waals surface area (Å²) >= 11 is 6.35. The zero-order chi connectivity index (χ0) is 14.4. The zero-order valence-electron chi connectivity index (χ0n) is 12.5. The van der Waals surface area contributed by atoms with Crippen molar-refractivity contribution in [3.63, 3.8) is 0 Å². The van der Waals surface area contributed by atoms with Crippen molar-refractivity contribution in [1.82, 2.24) is 0 Å². The zero-order valence-corrected chi connectivity index (χ0v) is 13.2. The van der Waals surface area contributed by atoms with Gasteiger partial charge in [-0.15, -0.1) is 0 Å². The van der Waals surface area contributed by atoms with Crippen LogP contribution in [0.4, 0.5) is 5.69 Å². The topological polar surface area (TPSA) is 21.7 Å². The predicted octanol–water partition coefficient (Wildman–Crippen LogP) is 2.71. The third-order valence-corrected chi connectivity index (χ3v) is 4.33. The first kappa shape index (κ1) is 14.7. The van der Waals surface area contributed by atoms with E-state index in [0.29, 0.717) is 5.02 Å². The summed E-state index contributed by atoms with van der Waals surface area (Å²) in [6, 6.07) is 5.92. The Balaban J connectivity index is 2.30. The van der Waals surface area contributed by atoms with Gasteiger partial charge in [0.05, 0.1) is 11.2 Å². The SMILES string of the molecule is CN(C)c1ccc(B2OC(C)(C)C(C)(C)O2)c(Cl)c1. The van der Waals surface area contributed by atoms with Gasteiger partial charge in [-0.3, -0.25) is 0 Å². The Morgan fingerprint density at radius 1 is 1.05 bits per heavy atom. The molecule has 3 nitrogen and oxygen atoms in total. The smallest absolute Gasteiger partial charge is 0.399 e. The second-order valence-corrected chi connectivity index (χ2v) is 6.60. The van der Waals surface area contributed by atoms with Gasteiger partial charge in [0, 0.05) is 30.3 Å². The lowest BCUT2D eigenvalue weighted by atomic mass is 9.79. The maximum absolute atomic E-state index is 6.35. The van der Waals surface area contributed by atoms with Crippen LogP contribution in [0.25, 0.3) is 0 Å². The largest absolute Gasteiger partial charge is 0.496 e. The average Bonchev–Trinajstić information content (AvgIpc) is 2.47. The van der Waals surface area contributed by atoms with Crippen molar-refractivity contribution in [3.05, 3.63) is 23.2 Å². The molecule has 1 heterocycles. The Hall–Kier alpha value is -0.705. The van der Waals surface area contributed by atoms with Gasteiger partial charge in [-0.05, 0) is 39.8 Å². The second kappa shape index (κ2) is 4.69. The molecule has 0 saturated carbocycles. The number of benzene rings is 1. The maximum atomic E-state index is 6.35. The molecular weight excluding hydrogens is 260 g/mol. The minimum atomic E-state index is -0.409. The summed E-state index contributed by atoms with van der Waals surface area (Å²) < 4.78 is 12.0. The molecule has 1 saturated heterocycles. The third kappa shape index (κ3) is 2.62. The van der Waals surface area contributed by atoms with E-state index in [4.69, 9.17) is 20.9 Å². The maximum Gasteiger partial charge on any atom is 0.496 e. The summed E-state index contributed by atoms with van der Waals surface area (Å²) in [7, 11) is 3.56. The van der Waals surface area contributed by atoms with Gasteiger partial charge < -0.3 is 14.2 Å². The molecule has 1 aromatic carbocycles. The van der Waals surface area contributed by atoms with E-state index in [-0.39, 0.29) is 11.2 Å². The fourth-order valence-corrected chi connectivity index (χ4v) is 2.22. The molecule has 1 aliphatic rings. The Kier molecular flexibility index (Phi) is 3.63. The van der Waals surface area contributed by atoms with E-state index in [1.54, 1.807) is 0 Å². The van der Waals surface area contributed by atoms with Gasteiger partial charge in [0.1, 0.15) is 0 Å². The lowest BCUT2D eigenvalue weighted by molar-refractivity contribution is 0.00578. The molecule has 0 atom stereocenters. The van der Waals surface area contributed by atoms with E-state index in [2.05, 4.69) is 0 Å². The molecule has 0 aliphatic carbocycles. The van der Waals surface area contributed by atoms with Crippen LogP contribution >= 0.6 is 11.6 Å². The monoisotopic (exact) mass is 281 g/mol. The molecule has 0 aromatic heterocycles. The van der Waals surface area contributed by atoms with Crippen molar-refractivity contribution in [1.29, 1.82) is 0 Å². The molecule has 2 rings (SSSR count). The lowest BCUT2D eigenvalue weighted by Gasteiger charge is -2.32. The molecule has 1 fully saturated rings. The molecule has 104 valence electrons. The van der Waals surface area contributed by atoms with Crippen molar-refractivity contribution < 1.29 is 9.31 Å². The third-order valence-electron chi connectivity index (χ3n) is 4.01. The molecule has 5 heteroatoms. The molecule has 19 heavy (non-hydrogen) atoms. The summed E-state index contributed by atoms with van der Waals surface area (Å²) in [5, 5.41) is 0.671. The molecule has 0 amide bonds. The number of hydrogen-bond donors (Lipinski definition) is 0. The first-order chi connectivity index (χ1) is 8.64. The Labute approximate surface area is 121 Å². The Morgan fingerprint density at radius 2 is 1.58 bits per heavy atom. The molecule has 0 unspecified atom stereocenters. The molecular formula is C14H21BClNO2. The van der Waals surface area contributed by atoms with Crippen LogP contribution in [0, 0.1) is 0 Å². The average molecular weight is 282 g/mol. The van der Waals surface area contributed by atoms with Crippen LogP contribution in [0.15, 0.2) is 18.2 Å². The molecule has 0 spiro atoms. The van der Waals surface area contributed by atoms with Crippen molar-refractivity contribution in [2.45, 2.75) is 38.9 Å². The van der Waals surface area contributed by atoms with Gasteiger partial charge in [0.2, 0.25) is 0 Å². The number of halogens is 1. The van der Waals surface area contributed by atoms with E-state index in [1.165, 1.54) is 0 Å². The summed E-state index contributed by atoms with van der Waals surface area (Å²) in [6.45, 7) is 8.15. The van der Waals surface area contributed by atoms with Crippen LogP contribution in [0.2, 0.25) is 5.02 Å². The van der Waals surface area contributed by atoms with Crippen molar-refractivity contribution in [3.8, 4) is 0 Å². The highest BCUT2D eigenvalue weighted by Crippen LogP contribution is 2.37. The van der Waals surface area contributed by atoms with Gasteiger partial charge in [-0.25, -0.2) is 0 Å². The van der Waals surface area contributed by atoms with E-state index in [1.807, 2.05) is 64.9 Å². The fourth-order valence-electron chi connectivity index (χ4n) is 1.96. The van der Waals surface area contributed by atoms with Crippen molar-refractivity contribution >= 4 is 29.9 Å². The highest BCUT2D eigenvalue weighted by atomic mass is 35.5. The molecule has 0 radical (unpaired) electrons.